The van der Waals surface area contributed by atoms with Gasteiger partial charge in [-0.05, 0) is 30.3 Å². The monoisotopic (exact) mass is 452 g/mol. The van der Waals surface area contributed by atoms with E-state index in [9.17, 15) is 4.79 Å². The Balaban J connectivity index is 1.49. The number of carbonyl (C=O) groups is 1. The Labute approximate surface area is 191 Å². The Kier molecular flexibility index (Phi) is 6.12. The first-order chi connectivity index (χ1) is 15.7. The van der Waals surface area contributed by atoms with Crippen molar-refractivity contribution in [2.24, 2.45) is 0 Å². The standard InChI is InChI=1S/C24H25ClN4O3/c25-23-16-19(18-3-1-2-4-20(18)26-23)24(30)27-21-6-5-17(28-7-11-31-12-8-28)15-22(21)29-9-13-32-14-10-29/h1-6,15-16H,7-14H2,(H,27,30). The van der Waals surface area contributed by atoms with Crippen molar-refractivity contribution in [3.63, 3.8) is 0 Å². The molecular formula is C24H25ClN4O3. The molecule has 0 saturated carbocycles. The number of morpholine rings is 2. The maximum Gasteiger partial charge on any atom is 0.256 e. The van der Waals surface area contributed by atoms with Crippen molar-refractivity contribution in [3.8, 4) is 0 Å². The lowest BCUT2D eigenvalue weighted by atomic mass is 10.1. The second-order valence-corrected chi connectivity index (χ2v) is 8.25. The summed E-state index contributed by atoms with van der Waals surface area (Å²) in [6.45, 7) is 6.05. The molecular weight excluding hydrogens is 428 g/mol. The van der Waals surface area contributed by atoms with Gasteiger partial charge in [-0.25, -0.2) is 4.98 Å². The number of amides is 1. The molecule has 1 aromatic heterocycles. The van der Waals surface area contributed by atoms with E-state index >= 15 is 0 Å². The van der Waals surface area contributed by atoms with Crippen molar-refractivity contribution >= 4 is 45.5 Å². The Bertz CT molecular complexity index is 1130. The maximum absolute atomic E-state index is 13.3. The minimum absolute atomic E-state index is 0.209. The van der Waals surface area contributed by atoms with Gasteiger partial charge in [-0.15, -0.1) is 0 Å². The van der Waals surface area contributed by atoms with E-state index in [0.717, 1.165) is 61.8 Å². The quantitative estimate of drug-likeness (QED) is 0.607. The van der Waals surface area contributed by atoms with E-state index < -0.39 is 0 Å². The van der Waals surface area contributed by atoms with E-state index in [4.69, 9.17) is 21.1 Å². The topological polar surface area (TPSA) is 66.9 Å². The second-order valence-electron chi connectivity index (χ2n) is 7.86. The molecule has 3 heterocycles. The lowest BCUT2D eigenvalue weighted by Crippen LogP contribution is -2.38. The van der Waals surface area contributed by atoms with Crippen LogP contribution in [0.3, 0.4) is 0 Å². The predicted octanol–water partition coefficient (Wildman–Crippen LogP) is 3.81. The predicted molar refractivity (Wildman–Crippen MR) is 127 cm³/mol. The van der Waals surface area contributed by atoms with E-state index in [0.29, 0.717) is 29.4 Å². The maximum atomic E-state index is 13.3. The van der Waals surface area contributed by atoms with Crippen molar-refractivity contribution in [3.05, 3.63) is 59.2 Å². The smallest absolute Gasteiger partial charge is 0.256 e. The SMILES string of the molecule is O=C(Nc1ccc(N2CCOCC2)cc1N1CCOCC1)c1cc(Cl)nc2ccccc12. The minimum Gasteiger partial charge on any atom is -0.378 e. The van der Waals surface area contributed by atoms with Crippen molar-refractivity contribution < 1.29 is 14.3 Å². The van der Waals surface area contributed by atoms with Crippen molar-refractivity contribution in [1.29, 1.82) is 0 Å². The molecule has 2 aromatic carbocycles. The Morgan fingerprint density at radius 3 is 2.34 bits per heavy atom. The van der Waals surface area contributed by atoms with Gasteiger partial charge in [0.1, 0.15) is 5.15 Å². The molecule has 0 spiro atoms. The number of anilines is 3. The van der Waals surface area contributed by atoms with Gasteiger partial charge in [0.05, 0.1) is 48.9 Å². The van der Waals surface area contributed by atoms with Crippen LogP contribution in [-0.2, 0) is 9.47 Å². The lowest BCUT2D eigenvalue weighted by molar-refractivity contribution is 0.102. The molecule has 0 atom stereocenters. The van der Waals surface area contributed by atoms with Crippen LogP contribution >= 0.6 is 11.6 Å². The summed E-state index contributed by atoms with van der Waals surface area (Å²) < 4.78 is 11.0. The first-order valence-electron chi connectivity index (χ1n) is 10.8. The first kappa shape index (κ1) is 21.0. The molecule has 2 aliphatic heterocycles. The number of benzene rings is 2. The fourth-order valence-corrected chi connectivity index (χ4v) is 4.43. The van der Waals surface area contributed by atoms with E-state index in [1.165, 1.54) is 0 Å². The molecule has 0 unspecified atom stereocenters. The molecule has 5 rings (SSSR count). The number of pyridine rings is 1. The number of carbonyl (C=O) groups excluding carboxylic acids is 1. The molecule has 1 amide bonds. The molecule has 7 nitrogen and oxygen atoms in total. The van der Waals surface area contributed by atoms with E-state index in [1.54, 1.807) is 6.07 Å². The van der Waals surface area contributed by atoms with Gasteiger partial charge in [0, 0.05) is 37.3 Å². The van der Waals surface area contributed by atoms with Crippen LogP contribution in [0.2, 0.25) is 5.15 Å². The van der Waals surface area contributed by atoms with Crippen molar-refractivity contribution in [1.82, 2.24) is 4.98 Å². The second kappa shape index (κ2) is 9.32. The van der Waals surface area contributed by atoms with E-state index in [-0.39, 0.29) is 5.91 Å². The van der Waals surface area contributed by atoms with Crippen LogP contribution in [0, 0.1) is 0 Å². The number of para-hydroxylation sites is 1. The number of nitrogens with zero attached hydrogens (tertiary/aromatic N) is 3. The summed E-state index contributed by atoms with van der Waals surface area (Å²) in [6, 6.07) is 15.3. The van der Waals surface area contributed by atoms with E-state index in [2.05, 4.69) is 32.2 Å². The third-order valence-corrected chi connectivity index (χ3v) is 6.08. The Morgan fingerprint density at radius 2 is 1.59 bits per heavy atom. The summed E-state index contributed by atoms with van der Waals surface area (Å²) >= 11 is 6.20. The van der Waals surface area contributed by atoms with Gasteiger partial charge in [-0.2, -0.15) is 0 Å². The molecule has 0 radical (unpaired) electrons. The molecule has 2 saturated heterocycles. The third-order valence-electron chi connectivity index (χ3n) is 5.89. The van der Waals surface area contributed by atoms with Crippen LogP contribution in [0.5, 0.6) is 0 Å². The lowest BCUT2D eigenvalue weighted by Gasteiger charge is -2.33. The number of fused-ring (bicyclic) bond motifs is 1. The van der Waals surface area contributed by atoms with Crippen LogP contribution in [0.4, 0.5) is 17.1 Å². The molecule has 1 N–H and O–H groups in total. The summed E-state index contributed by atoms with van der Waals surface area (Å²) in [6.07, 6.45) is 0. The molecule has 3 aromatic rings. The Hall–Kier alpha value is -2.87. The molecule has 32 heavy (non-hydrogen) atoms. The number of hydrogen-bond acceptors (Lipinski definition) is 6. The minimum atomic E-state index is -0.209. The van der Waals surface area contributed by atoms with Crippen LogP contribution in [0.1, 0.15) is 10.4 Å². The number of halogens is 1. The summed E-state index contributed by atoms with van der Waals surface area (Å²) in [4.78, 5) is 22.2. The Morgan fingerprint density at radius 1 is 0.906 bits per heavy atom. The van der Waals surface area contributed by atoms with Gasteiger partial charge in [-0.3, -0.25) is 4.79 Å². The van der Waals surface area contributed by atoms with Crippen molar-refractivity contribution in [2.45, 2.75) is 0 Å². The summed E-state index contributed by atoms with van der Waals surface area (Å²) in [5, 5.41) is 4.19. The summed E-state index contributed by atoms with van der Waals surface area (Å²) in [5.74, 6) is -0.209. The molecule has 0 bridgehead atoms. The highest BCUT2D eigenvalue weighted by atomic mass is 35.5. The normalized spacial score (nSPS) is 16.9. The number of ether oxygens (including phenoxy) is 2. The van der Waals surface area contributed by atoms with Crippen LogP contribution < -0.4 is 15.1 Å². The molecule has 2 fully saturated rings. The molecule has 166 valence electrons. The fourth-order valence-electron chi connectivity index (χ4n) is 4.23. The third kappa shape index (κ3) is 4.37. The van der Waals surface area contributed by atoms with Crippen LogP contribution in [-0.4, -0.2) is 63.5 Å². The van der Waals surface area contributed by atoms with E-state index in [1.807, 2.05) is 30.3 Å². The largest absolute Gasteiger partial charge is 0.378 e. The number of aromatic nitrogens is 1. The van der Waals surface area contributed by atoms with Gasteiger partial charge < -0.3 is 24.6 Å². The summed E-state index contributed by atoms with van der Waals surface area (Å²) in [5.41, 5.74) is 4.10. The average Bonchev–Trinajstić information content (AvgIpc) is 2.84. The fraction of sp³-hybridized carbons (Fsp3) is 0.333. The van der Waals surface area contributed by atoms with Gasteiger partial charge in [0.2, 0.25) is 0 Å². The average molecular weight is 453 g/mol. The van der Waals surface area contributed by atoms with Gasteiger partial charge in [0.25, 0.3) is 5.91 Å². The zero-order chi connectivity index (χ0) is 21.9. The van der Waals surface area contributed by atoms with Gasteiger partial charge >= 0.3 is 0 Å². The first-order valence-corrected chi connectivity index (χ1v) is 11.2. The van der Waals surface area contributed by atoms with Crippen LogP contribution in [0.15, 0.2) is 48.5 Å². The summed E-state index contributed by atoms with van der Waals surface area (Å²) in [7, 11) is 0. The highest BCUT2D eigenvalue weighted by molar-refractivity contribution is 6.30. The highest BCUT2D eigenvalue weighted by Gasteiger charge is 2.21. The van der Waals surface area contributed by atoms with Gasteiger partial charge in [-0.1, -0.05) is 29.8 Å². The molecule has 2 aliphatic rings. The van der Waals surface area contributed by atoms with Crippen molar-refractivity contribution in [2.75, 3.05) is 67.7 Å². The zero-order valence-corrected chi connectivity index (χ0v) is 18.5. The molecule has 8 heteroatoms. The highest BCUT2D eigenvalue weighted by Crippen LogP contribution is 2.33. The number of hydrogen-bond donors (Lipinski definition) is 1. The number of rotatable bonds is 4. The number of nitrogens with one attached hydrogen (secondary N) is 1. The zero-order valence-electron chi connectivity index (χ0n) is 17.7. The molecule has 0 aliphatic carbocycles. The van der Waals surface area contributed by atoms with Gasteiger partial charge in [0.15, 0.2) is 0 Å². The van der Waals surface area contributed by atoms with Crippen LogP contribution in [0.25, 0.3) is 10.9 Å².